The van der Waals surface area contributed by atoms with Crippen molar-refractivity contribution >= 4 is 23.5 Å². The van der Waals surface area contributed by atoms with Crippen LogP contribution >= 0.6 is 11.6 Å². The summed E-state index contributed by atoms with van der Waals surface area (Å²) in [5.74, 6) is -1.36. The molecule has 0 aliphatic heterocycles. The van der Waals surface area contributed by atoms with E-state index in [1.165, 1.54) is 0 Å². The molecule has 4 nitrogen and oxygen atoms in total. The molecule has 1 aromatic carbocycles. The lowest BCUT2D eigenvalue weighted by Gasteiger charge is -2.28. The van der Waals surface area contributed by atoms with Crippen molar-refractivity contribution < 1.29 is 19.4 Å². The normalized spacial score (nSPS) is 17.0. The molecule has 2 rings (SSSR count). The van der Waals surface area contributed by atoms with Gasteiger partial charge in [-0.25, -0.2) is 0 Å². The first-order chi connectivity index (χ1) is 10.0. The molecule has 1 saturated carbocycles. The van der Waals surface area contributed by atoms with Crippen LogP contribution in [-0.2, 0) is 19.7 Å². The summed E-state index contributed by atoms with van der Waals surface area (Å²) in [4.78, 5) is 24.3. The average Bonchev–Trinajstić information content (AvgIpc) is 3.23. The highest BCUT2D eigenvalue weighted by molar-refractivity contribution is 6.30. The summed E-state index contributed by atoms with van der Waals surface area (Å²) in [6.45, 7) is 1.82. The van der Waals surface area contributed by atoms with Crippen LogP contribution in [0.1, 0.15) is 38.2 Å². The van der Waals surface area contributed by atoms with Crippen molar-refractivity contribution in [3.63, 3.8) is 0 Å². The Morgan fingerprint density at radius 3 is 2.67 bits per heavy atom. The lowest BCUT2D eigenvalue weighted by atomic mass is 9.76. The topological polar surface area (TPSA) is 63.6 Å². The van der Waals surface area contributed by atoms with Crippen molar-refractivity contribution in [1.29, 1.82) is 0 Å². The molecule has 0 spiro atoms. The van der Waals surface area contributed by atoms with Gasteiger partial charge in [0.2, 0.25) is 0 Å². The number of ether oxygens (including phenoxy) is 1. The lowest BCUT2D eigenvalue weighted by Crippen LogP contribution is -2.45. The van der Waals surface area contributed by atoms with Crippen LogP contribution in [-0.4, -0.2) is 23.7 Å². The Morgan fingerprint density at radius 1 is 1.43 bits per heavy atom. The Hall–Kier alpha value is -1.55. The monoisotopic (exact) mass is 310 g/mol. The molecule has 0 bridgehead atoms. The number of carbonyl (C=O) groups is 2. The Morgan fingerprint density at radius 2 is 2.14 bits per heavy atom. The summed E-state index contributed by atoms with van der Waals surface area (Å²) in [6, 6.07) is 6.48. The van der Waals surface area contributed by atoms with Crippen molar-refractivity contribution in [3.8, 4) is 0 Å². The van der Waals surface area contributed by atoms with E-state index in [0.717, 1.165) is 12.8 Å². The van der Waals surface area contributed by atoms with E-state index in [2.05, 4.69) is 0 Å². The first kappa shape index (κ1) is 15.8. The number of hydrogen-bond donors (Lipinski definition) is 1. The van der Waals surface area contributed by atoms with E-state index in [1.54, 1.807) is 31.2 Å². The molecular weight excluding hydrogens is 292 g/mol. The summed E-state index contributed by atoms with van der Waals surface area (Å²) in [5.41, 5.74) is -1.27. The van der Waals surface area contributed by atoms with Gasteiger partial charge < -0.3 is 9.84 Å². The van der Waals surface area contributed by atoms with E-state index in [9.17, 15) is 14.7 Å². The number of rotatable bonds is 7. The molecule has 1 unspecified atom stereocenters. The largest absolute Gasteiger partial charge is 0.480 e. The number of esters is 1. The van der Waals surface area contributed by atoms with Gasteiger partial charge in [-0.1, -0.05) is 36.6 Å². The number of carboxylic acid groups (broad SMARTS) is 1. The Kier molecular flexibility index (Phi) is 4.88. The third-order valence-corrected chi connectivity index (χ3v) is 4.17. The van der Waals surface area contributed by atoms with Crippen LogP contribution in [0.4, 0.5) is 0 Å². The third kappa shape index (κ3) is 3.38. The van der Waals surface area contributed by atoms with E-state index in [4.69, 9.17) is 16.3 Å². The highest BCUT2D eigenvalue weighted by Gasteiger charge is 2.49. The number of hydrogen-bond acceptors (Lipinski definition) is 3. The van der Waals surface area contributed by atoms with Crippen molar-refractivity contribution in [2.45, 2.75) is 38.0 Å². The van der Waals surface area contributed by atoms with Gasteiger partial charge in [0.15, 0.2) is 5.41 Å². The van der Waals surface area contributed by atoms with Gasteiger partial charge in [-0.15, -0.1) is 0 Å². The van der Waals surface area contributed by atoms with Gasteiger partial charge >= 0.3 is 11.9 Å². The highest BCUT2D eigenvalue weighted by atomic mass is 35.5. The zero-order chi connectivity index (χ0) is 15.5. The molecule has 21 heavy (non-hydrogen) atoms. The minimum atomic E-state index is -1.66. The molecule has 1 aromatic rings. The summed E-state index contributed by atoms with van der Waals surface area (Å²) in [5, 5.41) is 10.2. The predicted octanol–water partition coefficient (Wildman–Crippen LogP) is 3.42. The van der Waals surface area contributed by atoms with Crippen LogP contribution in [0.2, 0.25) is 5.02 Å². The number of carboxylic acids is 1. The number of benzene rings is 1. The molecular formula is C16H19ClO4. The number of halogens is 1. The van der Waals surface area contributed by atoms with Crippen LogP contribution in [0.5, 0.6) is 0 Å². The van der Waals surface area contributed by atoms with Crippen LogP contribution in [0.15, 0.2) is 24.3 Å². The molecule has 1 atom stereocenters. The quantitative estimate of drug-likeness (QED) is 0.619. The first-order valence-corrected chi connectivity index (χ1v) is 7.55. The molecule has 1 aliphatic rings. The van der Waals surface area contributed by atoms with Gasteiger partial charge in [-0.05, 0) is 43.4 Å². The van der Waals surface area contributed by atoms with Crippen molar-refractivity contribution in [2.75, 3.05) is 6.61 Å². The zero-order valence-electron chi connectivity index (χ0n) is 12.0. The van der Waals surface area contributed by atoms with Crippen LogP contribution in [0.25, 0.3) is 0 Å². The number of aliphatic carboxylic acids is 1. The van der Waals surface area contributed by atoms with Crippen LogP contribution in [0.3, 0.4) is 0 Å². The van der Waals surface area contributed by atoms with Crippen molar-refractivity contribution in [2.24, 2.45) is 5.92 Å². The second kappa shape index (κ2) is 6.48. The minimum absolute atomic E-state index is 0.151. The van der Waals surface area contributed by atoms with Gasteiger partial charge in [-0.2, -0.15) is 0 Å². The van der Waals surface area contributed by atoms with E-state index < -0.39 is 17.4 Å². The molecule has 114 valence electrons. The Bertz CT molecular complexity index is 539. The second-order valence-corrected chi connectivity index (χ2v) is 5.86. The van der Waals surface area contributed by atoms with E-state index in [-0.39, 0.29) is 13.0 Å². The predicted molar refractivity (Wildman–Crippen MR) is 79.4 cm³/mol. The summed E-state index contributed by atoms with van der Waals surface area (Å²) in [7, 11) is 0. The zero-order valence-corrected chi connectivity index (χ0v) is 12.7. The Labute approximate surface area is 129 Å². The summed E-state index contributed by atoms with van der Waals surface area (Å²) >= 11 is 5.97. The average molecular weight is 311 g/mol. The van der Waals surface area contributed by atoms with Gasteiger partial charge in [0.25, 0.3) is 0 Å². The SMILES string of the molecule is CCOC(=O)C(CCC1CC1)(C(=O)O)c1cccc(Cl)c1. The Balaban J connectivity index is 2.42. The fourth-order valence-corrected chi connectivity index (χ4v) is 2.71. The standard InChI is InChI=1S/C16H19ClO4/c1-2-21-15(20)16(14(18)19,9-8-11-6-7-11)12-4-3-5-13(17)10-12/h3-5,10-11H,2,6-9H2,1H3,(H,18,19). The lowest BCUT2D eigenvalue weighted by molar-refractivity contribution is -0.162. The first-order valence-electron chi connectivity index (χ1n) is 7.17. The van der Waals surface area contributed by atoms with E-state index in [0.29, 0.717) is 22.9 Å². The van der Waals surface area contributed by atoms with E-state index >= 15 is 0 Å². The highest BCUT2D eigenvalue weighted by Crippen LogP contribution is 2.40. The molecule has 0 saturated heterocycles. The fraction of sp³-hybridized carbons (Fsp3) is 0.500. The maximum atomic E-state index is 12.4. The van der Waals surface area contributed by atoms with Crippen molar-refractivity contribution in [3.05, 3.63) is 34.9 Å². The number of carbonyl (C=O) groups excluding carboxylic acids is 1. The summed E-state index contributed by atoms with van der Waals surface area (Å²) < 4.78 is 5.05. The maximum Gasteiger partial charge on any atom is 0.328 e. The van der Waals surface area contributed by atoms with Gasteiger partial charge in [0.05, 0.1) is 6.61 Å². The molecule has 0 aromatic heterocycles. The van der Waals surface area contributed by atoms with Gasteiger partial charge in [0, 0.05) is 5.02 Å². The molecule has 1 fully saturated rings. The molecule has 1 N–H and O–H groups in total. The maximum absolute atomic E-state index is 12.4. The van der Waals surface area contributed by atoms with Gasteiger partial charge in [0.1, 0.15) is 0 Å². The second-order valence-electron chi connectivity index (χ2n) is 5.42. The molecule has 0 heterocycles. The van der Waals surface area contributed by atoms with Crippen molar-refractivity contribution in [1.82, 2.24) is 0 Å². The molecule has 1 aliphatic carbocycles. The molecule has 0 radical (unpaired) electrons. The molecule has 5 heteroatoms. The summed E-state index contributed by atoms with van der Waals surface area (Å²) in [6.07, 6.45) is 3.16. The molecule has 0 amide bonds. The third-order valence-electron chi connectivity index (χ3n) is 3.93. The van der Waals surface area contributed by atoms with E-state index in [1.807, 2.05) is 0 Å². The van der Waals surface area contributed by atoms with Crippen LogP contribution in [0, 0.1) is 5.92 Å². The van der Waals surface area contributed by atoms with Crippen LogP contribution < -0.4 is 0 Å². The smallest absolute Gasteiger partial charge is 0.328 e. The fourth-order valence-electron chi connectivity index (χ4n) is 2.52. The van der Waals surface area contributed by atoms with Gasteiger partial charge in [-0.3, -0.25) is 9.59 Å². The minimum Gasteiger partial charge on any atom is -0.480 e.